The van der Waals surface area contributed by atoms with Crippen LogP contribution in [0.15, 0.2) is 18.2 Å². The van der Waals surface area contributed by atoms with E-state index in [-0.39, 0.29) is 12.1 Å². The fraction of sp³-hybridized carbons (Fsp3) is 0.625. The van der Waals surface area contributed by atoms with Gasteiger partial charge in [-0.25, -0.2) is 0 Å². The van der Waals surface area contributed by atoms with Crippen LogP contribution in [0, 0.1) is 0 Å². The van der Waals surface area contributed by atoms with Gasteiger partial charge in [-0.1, -0.05) is 13.0 Å². The van der Waals surface area contributed by atoms with Crippen molar-refractivity contribution < 1.29 is 14.2 Å². The van der Waals surface area contributed by atoms with Gasteiger partial charge >= 0.3 is 0 Å². The molecule has 4 heteroatoms. The van der Waals surface area contributed by atoms with E-state index >= 15 is 0 Å². The zero-order valence-electron chi connectivity index (χ0n) is 12.4. The second-order valence-electron chi connectivity index (χ2n) is 5.30. The molecule has 0 saturated carbocycles. The average molecular weight is 279 g/mol. The predicted octanol–water partition coefficient (Wildman–Crippen LogP) is 2.53. The van der Waals surface area contributed by atoms with Crippen LogP contribution in [0.2, 0.25) is 0 Å². The molecule has 112 valence electrons. The molecule has 1 aliphatic heterocycles. The molecule has 0 radical (unpaired) electrons. The Balaban J connectivity index is 2.13. The van der Waals surface area contributed by atoms with E-state index in [2.05, 4.69) is 6.92 Å². The highest BCUT2D eigenvalue weighted by atomic mass is 16.5. The first-order chi connectivity index (χ1) is 9.72. The Kier molecular flexibility index (Phi) is 5.68. The van der Waals surface area contributed by atoms with E-state index in [1.807, 2.05) is 18.2 Å². The van der Waals surface area contributed by atoms with E-state index in [4.69, 9.17) is 19.9 Å². The Morgan fingerprint density at radius 2 is 2.30 bits per heavy atom. The summed E-state index contributed by atoms with van der Waals surface area (Å²) in [6.45, 7) is 3.60. The maximum Gasteiger partial charge on any atom is 0.126 e. The number of rotatable bonds is 6. The van der Waals surface area contributed by atoms with E-state index in [9.17, 15) is 0 Å². The highest BCUT2D eigenvalue weighted by Gasteiger charge is 2.18. The molecule has 1 heterocycles. The van der Waals surface area contributed by atoms with E-state index < -0.39 is 0 Å². The molecule has 2 N–H and O–H groups in total. The molecule has 2 unspecified atom stereocenters. The quantitative estimate of drug-likeness (QED) is 0.869. The summed E-state index contributed by atoms with van der Waals surface area (Å²) < 4.78 is 16.9. The van der Waals surface area contributed by atoms with Gasteiger partial charge in [0, 0.05) is 18.7 Å². The van der Waals surface area contributed by atoms with Gasteiger partial charge in [-0.15, -0.1) is 0 Å². The Morgan fingerprint density at radius 3 is 2.95 bits per heavy atom. The minimum Gasteiger partial charge on any atom is -0.497 e. The molecule has 1 saturated heterocycles. The summed E-state index contributed by atoms with van der Waals surface area (Å²) in [5, 5.41) is 0. The Morgan fingerprint density at radius 1 is 1.45 bits per heavy atom. The Hall–Kier alpha value is -1.26. The zero-order valence-corrected chi connectivity index (χ0v) is 12.4. The van der Waals surface area contributed by atoms with Gasteiger partial charge in [0.1, 0.15) is 17.6 Å². The second kappa shape index (κ2) is 7.50. The van der Waals surface area contributed by atoms with Crippen molar-refractivity contribution in [1.29, 1.82) is 0 Å². The molecule has 1 fully saturated rings. The molecule has 0 aliphatic carbocycles. The molecule has 20 heavy (non-hydrogen) atoms. The van der Waals surface area contributed by atoms with E-state index in [1.54, 1.807) is 7.11 Å². The molecule has 1 aromatic rings. The fourth-order valence-corrected chi connectivity index (χ4v) is 2.35. The minimum atomic E-state index is 0.132. The lowest BCUT2D eigenvalue weighted by atomic mass is 10.0. The van der Waals surface area contributed by atoms with Crippen LogP contribution >= 0.6 is 0 Å². The van der Waals surface area contributed by atoms with Gasteiger partial charge in [0.05, 0.1) is 13.7 Å². The SMILES string of the molecule is CCC(N)Cc1ccc(OC)cc1OC1CCCOC1. The Labute approximate surface area is 121 Å². The van der Waals surface area contributed by atoms with Gasteiger partial charge in [-0.05, 0) is 37.3 Å². The molecule has 0 bridgehead atoms. The summed E-state index contributed by atoms with van der Waals surface area (Å²) >= 11 is 0. The molecule has 0 aromatic heterocycles. The first-order valence-corrected chi connectivity index (χ1v) is 7.39. The molecule has 2 rings (SSSR count). The van der Waals surface area contributed by atoms with Crippen molar-refractivity contribution in [3.63, 3.8) is 0 Å². The average Bonchev–Trinajstić information content (AvgIpc) is 2.49. The van der Waals surface area contributed by atoms with Crippen LogP contribution in [-0.2, 0) is 11.2 Å². The van der Waals surface area contributed by atoms with Crippen LogP contribution < -0.4 is 15.2 Å². The maximum absolute atomic E-state index is 6.11. The van der Waals surface area contributed by atoms with Crippen molar-refractivity contribution in [1.82, 2.24) is 0 Å². The number of hydrogen-bond donors (Lipinski definition) is 1. The van der Waals surface area contributed by atoms with Crippen LogP contribution in [0.1, 0.15) is 31.7 Å². The molecule has 4 nitrogen and oxygen atoms in total. The summed E-state index contributed by atoms with van der Waals surface area (Å²) in [6.07, 6.45) is 4.00. The summed E-state index contributed by atoms with van der Waals surface area (Å²) in [5.74, 6) is 1.69. The van der Waals surface area contributed by atoms with Crippen LogP contribution in [0.5, 0.6) is 11.5 Å². The van der Waals surface area contributed by atoms with Crippen LogP contribution in [0.3, 0.4) is 0 Å². The fourth-order valence-electron chi connectivity index (χ4n) is 2.35. The highest BCUT2D eigenvalue weighted by molar-refractivity contribution is 5.41. The Bertz CT molecular complexity index is 416. The van der Waals surface area contributed by atoms with Crippen molar-refractivity contribution in [3.05, 3.63) is 23.8 Å². The van der Waals surface area contributed by atoms with Crippen molar-refractivity contribution in [3.8, 4) is 11.5 Å². The lowest BCUT2D eigenvalue weighted by Crippen LogP contribution is -2.29. The van der Waals surface area contributed by atoms with Crippen LogP contribution in [0.4, 0.5) is 0 Å². The second-order valence-corrected chi connectivity index (χ2v) is 5.30. The highest BCUT2D eigenvalue weighted by Crippen LogP contribution is 2.28. The standard InChI is InChI=1S/C16H25NO3/c1-3-13(17)9-12-6-7-14(18-2)10-16(12)20-15-5-4-8-19-11-15/h6-7,10,13,15H,3-5,8-9,11,17H2,1-2H3. The van der Waals surface area contributed by atoms with Crippen molar-refractivity contribution in [2.45, 2.75) is 44.8 Å². The van der Waals surface area contributed by atoms with Crippen molar-refractivity contribution in [2.24, 2.45) is 5.73 Å². The third kappa shape index (κ3) is 4.12. The third-order valence-corrected chi connectivity index (χ3v) is 3.69. The normalized spacial score (nSPS) is 20.4. The largest absolute Gasteiger partial charge is 0.497 e. The van der Waals surface area contributed by atoms with Crippen LogP contribution in [-0.4, -0.2) is 32.5 Å². The van der Waals surface area contributed by atoms with Gasteiger partial charge in [0.15, 0.2) is 0 Å². The molecular weight excluding hydrogens is 254 g/mol. The van der Waals surface area contributed by atoms with E-state index in [0.29, 0.717) is 6.61 Å². The summed E-state index contributed by atoms with van der Waals surface area (Å²) in [7, 11) is 1.67. The first-order valence-electron chi connectivity index (χ1n) is 7.39. The van der Waals surface area contributed by atoms with E-state index in [0.717, 1.165) is 49.4 Å². The zero-order chi connectivity index (χ0) is 14.4. The third-order valence-electron chi connectivity index (χ3n) is 3.69. The summed E-state index contributed by atoms with van der Waals surface area (Å²) in [6, 6.07) is 6.12. The van der Waals surface area contributed by atoms with Gasteiger partial charge in [0.25, 0.3) is 0 Å². The monoisotopic (exact) mass is 279 g/mol. The molecule has 1 aliphatic rings. The molecule has 2 atom stereocenters. The number of nitrogens with two attached hydrogens (primary N) is 1. The van der Waals surface area contributed by atoms with Crippen molar-refractivity contribution >= 4 is 0 Å². The van der Waals surface area contributed by atoms with E-state index in [1.165, 1.54) is 0 Å². The maximum atomic E-state index is 6.11. The topological polar surface area (TPSA) is 53.7 Å². The van der Waals surface area contributed by atoms with Gasteiger partial charge in [-0.2, -0.15) is 0 Å². The lowest BCUT2D eigenvalue weighted by Gasteiger charge is -2.25. The number of hydrogen-bond acceptors (Lipinski definition) is 4. The smallest absolute Gasteiger partial charge is 0.126 e. The van der Waals surface area contributed by atoms with Gasteiger partial charge in [0.2, 0.25) is 0 Å². The number of benzene rings is 1. The predicted molar refractivity (Wildman–Crippen MR) is 79.4 cm³/mol. The lowest BCUT2D eigenvalue weighted by molar-refractivity contribution is 0.00694. The first kappa shape index (κ1) is 15.1. The van der Waals surface area contributed by atoms with Gasteiger partial charge < -0.3 is 19.9 Å². The molecule has 0 amide bonds. The molecule has 0 spiro atoms. The van der Waals surface area contributed by atoms with Crippen molar-refractivity contribution in [2.75, 3.05) is 20.3 Å². The van der Waals surface area contributed by atoms with Gasteiger partial charge in [-0.3, -0.25) is 0 Å². The summed E-state index contributed by atoms with van der Waals surface area (Å²) in [5.41, 5.74) is 7.21. The summed E-state index contributed by atoms with van der Waals surface area (Å²) in [4.78, 5) is 0. The number of ether oxygens (including phenoxy) is 3. The minimum absolute atomic E-state index is 0.132. The molecule has 1 aromatic carbocycles. The van der Waals surface area contributed by atoms with Crippen LogP contribution in [0.25, 0.3) is 0 Å². The molecular formula is C16H25NO3. The number of methoxy groups -OCH3 is 1.